The van der Waals surface area contributed by atoms with E-state index < -0.39 is 0 Å². The molecule has 0 atom stereocenters. The van der Waals surface area contributed by atoms with Crippen LogP contribution in [-0.2, 0) is 6.54 Å². The van der Waals surface area contributed by atoms with Crippen LogP contribution in [0.25, 0.3) is 0 Å². The van der Waals surface area contributed by atoms with Crippen LogP contribution in [0.5, 0.6) is 0 Å². The molecule has 0 bridgehead atoms. The largest absolute Gasteiger partial charge is 0.354 e. The van der Waals surface area contributed by atoms with E-state index in [0.29, 0.717) is 12.5 Å². The van der Waals surface area contributed by atoms with Crippen molar-refractivity contribution in [1.29, 1.82) is 0 Å². The quantitative estimate of drug-likeness (QED) is 0.842. The number of aromatic nitrogens is 5. The molecule has 0 aliphatic heterocycles. The highest BCUT2D eigenvalue weighted by molar-refractivity contribution is 6.31. The molecule has 0 amide bonds. The fraction of sp³-hybridized carbons (Fsp3) is 0.333. The molecule has 2 heterocycles. The van der Waals surface area contributed by atoms with Crippen LogP contribution in [0.1, 0.15) is 6.42 Å². The number of aryl methyl sites for hydroxylation is 1. The van der Waals surface area contributed by atoms with E-state index in [-0.39, 0.29) is 10.6 Å². The van der Waals surface area contributed by atoms with E-state index in [1.54, 1.807) is 6.20 Å². The van der Waals surface area contributed by atoms with Crippen LogP contribution in [0.3, 0.4) is 0 Å². The Labute approximate surface area is 108 Å². The van der Waals surface area contributed by atoms with Crippen molar-refractivity contribution in [3.8, 4) is 0 Å². The van der Waals surface area contributed by atoms with E-state index >= 15 is 0 Å². The molecule has 0 aliphatic rings. The van der Waals surface area contributed by atoms with Crippen molar-refractivity contribution in [3.05, 3.63) is 29.0 Å². The van der Waals surface area contributed by atoms with Crippen LogP contribution in [0.2, 0.25) is 10.6 Å². The summed E-state index contributed by atoms with van der Waals surface area (Å²) in [5.74, 6) is 0.385. The fourth-order valence-electron chi connectivity index (χ4n) is 1.28. The summed E-state index contributed by atoms with van der Waals surface area (Å²) in [7, 11) is 0. The first kappa shape index (κ1) is 12.1. The zero-order valence-corrected chi connectivity index (χ0v) is 10.4. The third-order valence-electron chi connectivity index (χ3n) is 1.99. The maximum Gasteiger partial charge on any atom is 0.228 e. The van der Waals surface area contributed by atoms with Gasteiger partial charge in [0, 0.05) is 25.5 Å². The molecule has 0 radical (unpaired) electrons. The van der Waals surface area contributed by atoms with Gasteiger partial charge in [-0.05, 0) is 35.7 Å². The predicted molar refractivity (Wildman–Crippen MR) is 65.2 cm³/mol. The summed E-state index contributed by atoms with van der Waals surface area (Å²) in [4.78, 5) is 11.4. The second-order valence-corrected chi connectivity index (χ2v) is 3.92. The van der Waals surface area contributed by atoms with Gasteiger partial charge in [-0.3, -0.25) is 4.68 Å². The van der Waals surface area contributed by atoms with Crippen LogP contribution in [0.15, 0.2) is 18.5 Å². The van der Waals surface area contributed by atoms with Crippen molar-refractivity contribution in [2.75, 3.05) is 11.9 Å². The van der Waals surface area contributed by atoms with E-state index in [2.05, 4.69) is 25.4 Å². The Morgan fingerprint density at radius 3 is 2.59 bits per heavy atom. The summed E-state index contributed by atoms with van der Waals surface area (Å²) in [6.45, 7) is 1.53. The molecular formula is C9H10Cl2N6. The highest BCUT2D eigenvalue weighted by Crippen LogP contribution is 2.09. The third-order valence-corrected chi connectivity index (χ3v) is 2.33. The molecule has 1 N–H and O–H groups in total. The topological polar surface area (TPSA) is 68.5 Å². The SMILES string of the molecule is Clc1nc(Cl)nc(NCCCn2cccn2)n1. The highest BCUT2D eigenvalue weighted by atomic mass is 35.5. The number of hydrogen-bond donors (Lipinski definition) is 1. The second-order valence-electron chi connectivity index (χ2n) is 3.25. The normalized spacial score (nSPS) is 10.5. The molecular weight excluding hydrogens is 263 g/mol. The second kappa shape index (κ2) is 5.79. The zero-order valence-electron chi connectivity index (χ0n) is 8.85. The molecule has 0 spiro atoms. The van der Waals surface area contributed by atoms with Crippen molar-refractivity contribution >= 4 is 29.2 Å². The summed E-state index contributed by atoms with van der Waals surface area (Å²) >= 11 is 11.3. The Morgan fingerprint density at radius 1 is 1.18 bits per heavy atom. The highest BCUT2D eigenvalue weighted by Gasteiger charge is 2.01. The zero-order chi connectivity index (χ0) is 12.1. The molecule has 0 aromatic carbocycles. The van der Waals surface area contributed by atoms with Gasteiger partial charge in [0.25, 0.3) is 0 Å². The molecule has 0 aliphatic carbocycles. The smallest absolute Gasteiger partial charge is 0.228 e. The van der Waals surface area contributed by atoms with E-state index in [4.69, 9.17) is 23.2 Å². The minimum atomic E-state index is 0.0829. The van der Waals surface area contributed by atoms with Crippen molar-refractivity contribution in [3.63, 3.8) is 0 Å². The van der Waals surface area contributed by atoms with Gasteiger partial charge in [0.2, 0.25) is 16.5 Å². The minimum Gasteiger partial charge on any atom is -0.354 e. The molecule has 6 nitrogen and oxygen atoms in total. The summed E-state index contributed by atoms with van der Waals surface area (Å²) in [5, 5.41) is 7.28. The molecule has 17 heavy (non-hydrogen) atoms. The molecule has 0 unspecified atom stereocenters. The summed E-state index contributed by atoms with van der Waals surface area (Å²) in [5.41, 5.74) is 0. The molecule has 8 heteroatoms. The van der Waals surface area contributed by atoms with Gasteiger partial charge < -0.3 is 5.32 Å². The van der Waals surface area contributed by atoms with Crippen molar-refractivity contribution < 1.29 is 0 Å². The van der Waals surface area contributed by atoms with Gasteiger partial charge in [0.1, 0.15) is 0 Å². The Bertz CT molecular complexity index is 452. The average molecular weight is 273 g/mol. The van der Waals surface area contributed by atoms with Gasteiger partial charge in [-0.25, -0.2) is 0 Å². The predicted octanol–water partition coefficient (Wildman–Crippen LogP) is 1.88. The van der Waals surface area contributed by atoms with Crippen LogP contribution in [0.4, 0.5) is 5.95 Å². The molecule has 0 saturated carbocycles. The van der Waals surface area contributed by atoms with Crippen LogP contribution < -0.4 is 5.32 Å². The van der Waals surface area contributed by atoms with Crippen molar-refractivity contribution in [2.24, 2.45) is 0 Å². The maximum atomic E-state index is 5.64. The van der Waals surface area contributed by atoms with E-state index in [1.807, 2.05) is 16.9 Å². The van der Waals surface area contributed by atoms with Crippen molar-refractivity contribution in [1.82, 2.24) is 24.7 Å². The number of anilines is 1. The molecule has 90 valence electrons. The van der Waals surface area contributed by atoms with Gasteiger partial charge >= 0.3 is 0 Å². The lowest BCUT2D eigenvalue weighted by Gasteiger charge is -2.05. The lowest BCUT2D eigenvalue weighted by molar-refractivity contribution is 0.591. The number of halogens is 2. The van der Waals surface area contributed by atoms with Gasteiger partial charge in [-0.2, -0.15) is 20.1 Å². The summed E-state index contributed by atoms with van der Waals surface area (Å²) < 4.78 is 1.86. The number of nitrogens with one attached hydrogen (secondary N) is 1. The van der Waals surface area contributed by atoms with E-state index in [9.17, 15) is 0 Å². The van der Waals surface area contributed by atoms with Gasteiger partial charge in [-0.1, -0.05) is 0 Å². The van der Waals surface area contributed by atoms with E-state index in [0.717, 1.165) is 13.0 Å². The number of hydrogen-bond acceptors (Lipinski definition) is 5. The Morgan fingerprint density at radius 2 is 1.94 bits per heavy atom. The first-order valence-corrected chi connectivity index (χ1v) is 5.78. The molecule has 2 aromatic rings. The summed E-state index contributed by atoms with van der Waals surface area (Å²) in [6.07, 6.45) is 4.55. The summed E-state index contributed by atoms with van der Waals surface area (Å²) in [6, 6.07) is 1.89. The van der Waals surface area contributed by atoms with Crippen LogP contribution in [0, 0.1) is 0 Å². The number of nitrogens with zero attached hydrogens (tertiary/aromatic N) is 5. The molecule has 2 rings (SSSR count). The maximum absolute atomic E-state index is 5.64. The standard InChI is InChI=1S/C9H10Cl2N6/c10-7-14-8(11)16-9(15-7)12-3-1-5-17-6-2-4-13-17/h2,4,6H,1,3,5H2,(H,12,14,15,16). The van der Waals surface area contributed by atoms with Gasteiger partial charge in [-0.15, -0.1) is 0 Å². The first-order valence-electron chi connectivity index (χ1n) is 5.02. The molecule has 0 saturated heterocycles. The van der Waals surface area contributed by atoms with Gasteiger partial charge in [0.15, 0.2) is 0 Å². The lowest BCUT2D eigenvalue weighted by Crippen LogP contribution is -2.09. The molecule has 2 aromatic heterocycles. The van der Waals surface area contributed by atoms with E-state index in [1.165, 1.54) is 0 Å². The Balaban J connectivity index is 1.78. The fourth-order valence-corrected chi connectivity index (χ4v) is 1.64. The lowest BCUT2D eigenvalue weighted by atomic mass is 10.4. The van der Waals surface area contributed by atoms with Crippen molar-refractivity contribution in [2.45, 2.75) is 13.0 Å². The van der Waals surface area contributed by atoms with Gasteiger partial charge in [0.05, 0.1) is 0 Å². The third kappa shape index (κ3) is 3.83. The Hall–Kier alpha value is -1.40. The minimum absolute atomic E-state index is 0.0829. The monoisotopic (exact) mass is 272 g/mol. The Kier molecular flexibility index (Phi) is 4.11. The van der Waals surface area contributed by atoms with Crippen LogP contribution >= 0.6 is 23.2 Å². The average Bonchev–Trinajstić information content (AvgIpc) is 2.76. The van der Waals surface area contributed by atoms with Crippen LogP contribution in [-0.4, -0.2) is 31.3 Å². The number of rotatable bonds is 5. The first-order chi connectivity index (χ1) is 8.24. The molecule has 0 fully saturated rings.